The SMILES string of the molecule is Cc1ccc2nc(C(F)(F)F)cc(N[C@H]3CCC[C@@H](NC(=O)c4ccc(S(C)(=O)=O)cc4Cl)C3)c2c1. The van der Waals surface area contributed by atoms with Crippen LogP contribution in [0.2, 0.25) is 5.02 Å². The zero-order valence-corrected chi connectivity index (χ0v) is 21.2. The van der Waals surface area contributed by atoms with Crippen molar-refractivity contribution in [1.29, 1.82) is 0 Å². The Hall–Kier alpha value is -2.85. The minimum absolute atomic E-state index is 0.0176. The van der Waals surface area contributed by atoms with E-state index >= 15 is 0 Å². The van der Waals surface area contributed by atoms with E-state index < -0.39 is 27.6 Å². The smallest absolute Gasteiger partial charge is 0.382 e. The summed E-state index contributed by atoms with van der Waals surface area (Å²) in [5, 5.41) is 6.82. The zero-order chi connectivity index (χ0) is 26.3. The highest BCUT2D eigenvalue weighted by Gasteiger charge is 2.34. The molecule has 2 N–H and O–H groups in total. The van der Waals surface area contributed by atoms with Gasteiger partial charge in [-0.05, 0) is 69.0 Å². The minimum Gasteiger partial charge on any atom is -0.382 e. The van der Waals surface area contributed by atoms with E-state index in [0.717, 1.165) is 30.7 Å². The number of nitrogens with zero attached hydrogens (tertiary/aromatic N) is 1. The number of rotatable bonds is 5. The molecular formula is C25H25ClF3N3O3S. The van der Waals surface area contributed by atoms with Gasteiger partial charge >= 0.3 is 6.18 Å². The lowest BCUT2D eigenvalue weighted by Crippen LogP contribution is -2.42. The molecule has 192 valence electrons. The van der Waals surface area contributed by atoms with Crippen LogP contribution in [0.1, 0.15) is 47.3 Å². The molecule has 0 spiro atoms. The molecule has 0 bridgehead atoms. The van der Waals surface area contributed by atoms with Crippen molar-refractivity contribution in [3.05, 3.63) is 64.3 Å². The van der Waals surface area contributed by atoms with Gasteiger partial charge in [0.05, 0.1) is 21.0 Å². The summed E-state index contributed by atoms with van der Waals surface area (Å²) < 4.78 is 63.8. The molecule has 2 aromatic carbocycles. The first-order chi connectivity index (χ1) is 16.8. The normalized spacial score (nSPS) is 18.7. The Bertz CT molecular complexity index is 1430. The number of anilines is 1. The molecule has 3 aromatic rings. The topological polar surface area (TPSA) is 88.2 Å². The van der Waals surface area contributed by atoms with Gasteiger partial charge in [-0.15, -0.1) is 0 Å². The third-order valence-corrected chi connectivity index (χ3v) is 7.66. The first kappa shape index (κ1) is 26.2. The molecule has 1 heterocycles. The molecule has 1 saturated carbocycles. The van der Waals surface area contributed by atoms with Crippen LogP contribution in [0, 0.1) is 6.92 Å². The molecule has 0 aliphatic heterocycles. The number of carbonyl (C=O) groups is 1. The van der Waals surface area contributed by atoms with Gasteiger partial charge in [-0.1, -0.05) is 23.2 Å². The first-order valence-electron chi connectivity index (χ1n) is 11.4. The van der Waals surface area contributed by atoms with E-state index in [-0.39, 0.29) is 33.1 Å². The number of pyridine rings is 1. The maximum Gasteiger partial charge on any atom is 0.433 e. The summed E-state index contributed by atoms with van der Waals surface area (Å²) in [5.41, 5.74) is 0.705. The van der Waals surface area contributed by atoms with Crippen molar-refractivity contribution in [2.45, 2.75) is 55.8 Å². The highest BCUT2D eigenvalue weighted by atomic mass is 35.5. The van der Waals surface area contributed by atoms with Crippen LogP contribution >= 0.6 is 11.6 Å². The molecule has 36 heavy (non-hydrogen) atoms. The highest BCUT2D eigenvalue weighted by Crippen LogP contribution is 2.35. The molecule has 1 aromatic heterocycles. The second-order valence-corrected chi connectivity index (χ2v) is 11.6. The summed E-state index contributed by atoms with van der Waals surface area (Å²) >= 11 is 6.17. The molecule has 0 unspecified atom stereocenters. The molecule has 1 aliphatic rings. The number of fused-ring (bicyclic) bond motifs is 1. The Morgan fingerprint density at radius 3 is 2.47 bits per heavy atom. The summed E-state index contributed by atoms with van der Waals surface area (Å²) in [5.74, 6) is -0.435. The Labute approximate surface area is 212 Å². The second kappa shape index (κ2) is 9.89. The fourth-order valence-corrected chi connectivity index (χ4v) is 5.43. The summed E-state index contributed by atoms with van der Waals surface area (Å²) in [6.45, 7) is 1.86. The fraction of sp³-hybridized carbons (Fsp3) is 0.360. The van der Waals surface area contributed by atoms with Crippen LogP contribution in [0.15, 0.2) is 47.4 Å². The van der Waals surface area contributed by atoms with Crippen LogP contribution in [0.5, 0.6) is 0 Å². The molecule has 0 radical (unpaired) electrons. The average molecular weight is 540 g/mol. The van der Waals surface area contributed by atoms with Crippen molar-refractivity contribution in [3.63, 3.8) is 0 Å². The molecule has 4 rings (SSSR count). The van der Waals surface area contributed by atoms with Gasteiger partial charge in [-0.3, -0.25) is 4.79 Å². The van der Waals surface area contributed by atoms with Crippen LogP contribution in [0.25, 0.3) is 10.9 Å². The number of sulfone groups is 1. The van der Waals surface area contributed by atoms with Gasteiger partial charge in [0.2, 0.25) is 0 Å². The van der Waals surface area contributed by atoms with E-state index in [0.29, 0.717) is 23.9 Å². The third-order valence-electron chi connectivity index (χ3n) is 6.24. The van der Waals surface area contributed by atoms with Crippen molar-refractivity contribution in [3.8, 4) is 0 Å². The average Bonchev–Trinajstić information content (AvgIpc) is 2.78. The summed E-state index contributed by atoms with van der Waals surface area (Å²) in [4.78, 5) is 16.6. The van der Waals surface area contributed by atoms with Crippen LogP contribution in [-0.4, -0.2) is 37.6 Å². The van der Waals surface area contributed by atoms with Crippen molar-refractivity contribution in [2.75, 3.05) is 11.6 Å². The van der Waals surface area contributed by atoms with Gasteiger partial charge < -0.3 is 10.6 Å². The van der Waals surface area contributed by atoms with Crippen molar-refractivity contribution >= 4 is 43.9 Å². The molecule has 6 nitrogen and oxygen atoms in total. The molecule has 1 fully saturated rings. The van der Waals surface area contributed by atoms with E-state index in [1.807, 2.05) is 6.92 Å². The number of aromatic nitrogens is 1. The number of carbonyl (C=O) groups excluding carboxylic acids is 1. The van der Waals surface area contributed by atoms with Crippen LogP contribution in [-0.2, 0) is 16.0 Å². The van der Waals surface area contributed by atoms with E-state index in [4.69, 9.17) is 11.6 Å². The van der Waals surface area contributed by atoms with Gasteiger partial charge in [-0.2, -0.15) is 13.2 Å². The number of hydrogen-bond acceptors (Lipinski definition) is 5. The second-order valence-electron chi connectivity index (χ2n) is 9.17. The lowest BCUT2D eigenvalue weighted by atomic mass is 9.90. The third kappa shape index (κ3) is 5.92. The maximum atomic E-state index is 13.5. The summed E-state index contributed by atoms with van der Waals surface area (Å²) in [6.07, 6.45) is -0.831. The van der Waals surface area contributed by atoms with E-state index in [2.05, 4.69) is 15.6 Å². The number of hydrogen-bond donors (Lipinski definition) is 2. The van der Waals surface area contributed by atoms with Crippen LogP contribution in [0.3, 0.4) is 0 Å². The number of amides is 1. The van der Waals surface area contributed by atoms with Gasteiger partial charge in [0, 0.05) is 29.4 Å². The van der Waals surface area contributed by atoms with Crippen molar-refractivity contribution in [2.24, 2.45) is 0 Å². The van der Waals surface area contributed by atoms with Crippen molar-refractivity contribution < 1.29 is 26.4 Å². The van der Waals surface area contributed by atoms with Gasteiger partial charge in [0.1, 0.15) is 5.69 Å². The Morgan fingerprint density at radius 2 is 1.81 bits per heavy atom. The number of alkyl halides is 3. The standard InChI is InChI=1S/C25H25ClF3N3O3S/c1-14-6-9-21-19(10-14)22(13-23(32-21)25(27,28)29)30-15-4-3-5-16(11-15)31-24(33)18-8-7-17(12-20(18)26)36(2,34)35/h6-10,12-13,15-16H,3-5,11H2,1-2H3,(H,30,32)(H,31,33)/t15-,16+/m0/s1. The molecule has 11 heteroatoms. The fourth-order valence-electron chi connectivity index (χ4n) is 4.45. The summed E-state index contributed by atoms with van der Waals surface area (Å²) in [7, 11) is -3.46. The lowest BCUT2D eigenvalue weighted by Gasteiger charge is -2.31. The number of halogens is 4. The molecular weight excluding hydrogens is 515 g/mol. The van der Waals surface area contributed by atoms with E-state index in [1.165, 1.54) is 18.2 Å². The monoisotopic (exact) mass is 539 g/mol. The van der Waals surface area contributed by atoms with Crippen LogP contribution < -0.4 is 10.6 Å². The zero-order valence-electron chi connectivity index (χ0n) is 19.6. The molecule has 2 atom stereocenters. The van der Waals surface area contributed by atoms with Gasteiger partial charge in [0.15, 0.2) is 9.84 Å². The van der Waals surface area contributed by atoms with E-state index in [9.17, 15) is 26.4 Å². The van der Waals surface area contributed by atoms with Crippen LogP contribution in [0.4, 0.5) is 18.9 Å². The quantitative estimate of drug-likeness (QED) is 0.429. The number of nitrogens with one attached hydrogen (secondary N) is 2. The Morgan fingerprint density at radius 1 is 1.08 bits per heavy atom. The molecule has 1 amide bonds. The minimum atomic E-state index is -4.58. The Balaban J connectivity index is 1.52. The predicted molar refractivity (Wildman–Crippen MR) is 133 cm³/mol. The maximum absolute atomic E-state index is 13.5. The number of benzene rings is 2. The van der Waals surface area contributed by atoms with Crippen molar-refractivity contribution in [1.82, 2.24) is 10.3 Å². The molecule has 1 aliphatic carbocycles. The number of aryl methyl sites for hydroxylation is 1. The van der Waals surface area contributed by atoms with Gasteiger partial charge in [-0.25, -0.2) is 13.4 Å². The predicted octanol–water partition coefficient (Wildman–Crippen LogP) is 5.77. The summed E-state index contributed by atoms with van der Waals surface area (Å²) in [6, 6.07) is 9.68. The highest BCUT2D eigenvalue weighted by molar-refractivity contribution is 7.90. The van der Waals surface area contributed by atoms with Gasteiger partial charge in [0.25, 0.3) is 5.91 Å². The van der Waals surface area contributed by atoms with E-state index in [1.54, 1.807) is 18.2 Å². The first-order valence-corrected chi connectivity index (χ1v) is 13.6. The lowest BCUT2D eigenvalue weighted by molar-refractivity contribution is -0.140. The largest absolute Gasteiger partial charge is 0.433 e. The Kier molecular flexibility index (Phi) is 7.21. The molecule has 0 saturated heterocycles.